The molecule has 1 heterocycles. The normalized spacial score (nSPS) is 28.0. The highest BCUT2D eigenvalue weighted by atomic mass is 32.2. The standard InChI is InChI=1S/C19H28N2O3S/c1-14-6-5-7-18(15(14)2)20-19(22)16-8-10-17(11-9-16)25(23,24)21-12-3-4-13-21/h8-11,14-15,18H,3-7,12-13H2,1-2H3,(H,20,22)/t14-,15+,18+/m0/s1. The topological polar surface area (TPSA) is 66.5 Å². The van der Waals surface area contributed by atoms with E-state index < -0.39 is 10.0 Å². The summed E-state index contributed by atoms with van der Waals surface area (Å²) in [4.78, 5) is 12.8. The van der Waals surface area contributed by atoms with Gasteiger partial charge in [-0.2, -0.15) is 4.31 Å². The summed E-state index contributed by atoms with van der Waals surface area (Å²) in [6, 6.07) is 6.54. The lowest BCUT2D eigenvalue weighted by Crippen LogP contribution is -2.43. The van der Waals surface area contributed by atoms with E-state index in [-0.39, 0.29) is 16.8 Å². The summed E-state index contributed by atoms with van der Waals surface area (Å²) >= 11 is 0. The Balaban J connectivity index is 1.68. The number of benzene rings is 1. The number of hydrogen-bond donors (Lipinski definition) is 1. The van der Waals surface area contributed by atoms with Crippen LogP contribution in [-0.4, -0.2) is 37.8 Å². The van der Waals surface area contributed by atoms with Crippen LogP contribution in [0.15, 0.2) is 29.2 Å². The van der Waals surface area contributed by atoms with Crippen molar-refractivity contribution in [2.45, 2.75) is 56.9 Å². The molecule has 1 amide bonds. The van der Waals surface area contributed by atoms with Crippen molar-refractivity contribution in [3.63, 3.8) is 0 Å². The molecule has 0 aromatic heterocycles. The van der Waals surface area contributed by atoms with Crippen molar-refractivity contribution in [1.82, 2.24) is 9.62 Å². The highest BCUT2D eigenvalue weighted by Gasteiger charge is 2.29. The number of carbonyl (C=O) groups excluding carboxylic acids is 1. The van der Waals surface area contributed by atoms with Gasteiger partial charge < -0.3 is 5.32 Å². The Morgan fingerprint density at radius 2 is 1.68 bits per heavy atom. The maximum atomic E-state index is 12.5. The Labute approximate surface area is 150 Å². The monoisotopic (exact) mass is 364 g/mol. The molecular formula is C19H28N2O3S. The van der Waals surface area contributed by atoms with Crippen LogP contribution in [-0.2, 0) is 10.0 Å². The molecule has 1 saturated heterocycles. The van der Waals surface area contributed by atoms with Crippen molar-refractivity contribution < 1.29 is 13.2 Å². The average Bonchev–Trinajstić information content (AvgIpc) is 3.14. The third-order valence-corrected chi connectivity index (χ3v) is 7.76. The summed E-state index contributed by atoms with van der Waals surface area (Å²) in [6.07, 6.45) is 5.20. The van der Waals surface area contributed by atoms with Crippen molar-refractivity contribution in [2.24, 2.45) is 11.8 Å². The predicted molar refractivity (Wildman–Crippen MR) is 97.9 cm³/mol. The molecule has 1 aliphatic carbocycles. The average molecular weight is 365 g/mol. The van der Waals surface area contributed by atoms with E-state index in [1.54, 1.807) is 24.3 Å². The Morgan fingerprint density at radius 3 is 2.32 bits per heavy atom. The summed E-state index contributed by atoms with van der Waals surface area (Å²) in [7, 11) is -3.42. The van der Waals surface area contributed by atoms with Crippen molar-refractivity contribution in [3.8, 4) is 0 Å². The number of sulfonamides is 1. The van der Waals surface area contributed by atoms with Gasteiger partial charge in [0.05, 0.1) is 4.90 Å². The lowest BCUT2D eigenvalue weighted by atomic mass is 9.78. The predicted octanol–water partition coefficient (Wildman–Crippen LogP) is 3.03. The smallest absolute Gasteiger partial charge is 0.251 e. The number of amides is 1. The van der Waals surface area contributed by atoms with E-state index in [4.69, 9.17) is 0 Å². The SMILES string of the molecule is C[C@@H]1[C@@H](C)CCC[C@H]1NC(=O)c1ccc(S(=O)(=O)N2CCCC2)cc1. The van der Waals surface area contributed by atoms with Crippen LogP contribution in [0.4, 0.5) is 0 Å². The van der Waals surface area contributed by atoms with Crippen LogP contribution in [0.5, 0.6) is 0 Å². The second-order valence-corrected chi connectivity index (χ2v) is 9.42. The molecule has 2 aliphatic rings. The molecule has 1 aliphatic heterocycles. The molecule has 1 saturated carbocycles. The van der Waals surface area contributed by atoms with Crippen LogP contribution in [0.1, 0.15) is 56.3 Å². The van der Waals surface area contributed by atoms with Gasteiger partial charge in [-0.15, -0.1) is 0 Å². The molecule has 1 N–H and O–H groups in total. The number of nitrogens with zero attached hydrogens (tertiary/aromatic N) is 1. The fourth-order valence-corrected chi connectivity index (χ4v) is 5.41. The van der Waals surface area contributed by atoms with Gasteiger partial charge in [-0.3, -0.25) is 4.79 Å². The summed E-state index contributed by atoms with van der Waals surface area (Å²) in [5.74, 6) is 0.968. The highest BCUT2D eigenvalue weighted by Crippen LogP contribution is 2.29. The van der Waals surface area contributed by atoms with Gasteiger partial charge in [-0.05, 0) is 55.4 Å². The van der Waals surface area contributed by atoms with Gasteiger partial charge >= 0.3 is 0 Å². The van der Waals surface area contributed by atoms with Crippen LogP contribution in [0, 0.1) is 11.8 Å². The highest BCUT2D eigenvalue weighted by molar-refractivity contribution is 7.89. The quantitative estimate of drug-likeness (QED) is 0.893. The molecule has 3 atom stereocenters. The van der Waals surface area contributed by atoms with Crippen LogP contribution < -0.4 is 5.32 Å². The first-order chi connectivity index (χ1) is 11.9. The Morgan fingerprint density at radius 1 is 1.04 bits per heavy atom. The third kappa shape index (κ3) is 3.90. The fraction of sp³-hybridized carbons (Fsp3) is 0.632. The lowest BCUT2D eigenvalue weighted by molar-refractivity contribution is 0.0891. The molecule has 0 radical (unpaired) electrons. The Bertz CT molecular complexity index is 709. The molecule has 6 heteroatoms. The zero-order chi connectivity index (χ0) is 18.0. The maximum absolute atomic E-state index is 12.5. The molecule has 0 spiro atoms. The first-order valence-corrected chi connectivity index (χ1v) is 10.7. The van der Waals surface area contributed by atoms with Gasteiger partial charge in [0.1, 0.15) is 0 Å². The van der Waals surface area contributed by atoms with E-state index >= 15 is 0 Å². The van der Waals surface area contributed by atoms with Gasteiger partial charge in [-0.1, -0.05) is 26.7 Å². The largest absolute Gasteiger partial charge is 0.349 e. The molecule has 25 heavy (non-hydrogen) atoms. The Kier molecular flexibility index (Phi) is 5.49. The Hall–Kier alpha value is -1.40. The minimum Gasteiger partial charge on any atom is -0.349 e. The molecule has 138 valence electrons. The van der Waals surface area contributed by atoms with Crippen molar-refractivity contribution in [3.05, 3.63) is 29.8 Å². The summed E-state index contributed by atoms with van der Waals surface area (Å²) in [5.41, 5.74) is 0.519. The minimum absolute atomic E-state index is 0.115. The van der Waals surface area contributed by atoms with E-state index in [9.17, 15) is 13.2 Å². The molecule has 2 fully saturated rings. The fourth-order valence-electron chi connectivity index (χ4n) is 3.89. The van der Waals surface area contributed by atoms with E-state index in [2.05, 4.69) is 19.2 Å². The van der Waals surface area contributed by atoms with Gasteiger partial charge in [0, 0.05) is 24.7 Å². The van der Waals surface area contributed by atoms with Gasteiger partial charge in [-0.25, -0.2) is 8.42 Å². The molecule has 3 rings (SSSR count). The van der Waals surface area contributed by atoms with Crippen LogP contribution in [0.3, 0.4) is 0 Å². The molecule has 5 nitrogen and oxygen atoms in total. The summed E-state index contributed by atoms with van der Waals surface area (Å²) in [5, 5.41) is 3.13. The van der Waals surface area contributed by atoms with Gasteiger partial charge in [0.2, 0.25) is 10.0 Å². The first-order valence-electron chi connectivity index (χ1n) is 9.30. The number of hydrogen-bond acceptors (Lipinski definition) is 3. The maximum Gasteiger partial charge on any atom is 0.251 e. The van der Waals surface area contributed by atoms with E-state index in [0.717, 1.165) is 25.7 Å². The molecule has 0 bridgehead atoms. The molecule has 1 aromatic rings. The first kappa shape index (κ1) is 18.4. The van der Waals surface area contributed by atoms with E-state index in [1.807, 2.05) is 0 Å². The zero-order valence-corrected chi connectivity index (χ0v) is 15.9. The number of nitrogens with one attached hydrogen (secondary N) is 1. The minimum atomic E-state index is -3.42. The second-order valence-electron chi connectivity index (χ2n) is 7.48. The molecule has 0 unspecified atom stereocenters. The van der Waals surface area contributed by atoms with Crippen molar-refractivity contribution >= 4 is 15.9 Å². The molecule has 1 aromatic carbocycles. The van der Waals surface area contributed by atoms with Crippen LogP contribution >= 0.6 is 0 Å². The van der Waals surface area contributed by atoms with E-state index in [1.165, 1.54) is 10.7 Å². The third-order valence-electron chi connectivity index (χ3n) is 5.84. The second kappa shape index (κ2) is 7.46. The van der Waals surface area contributed by atoms with Gasteiger partial charge in [0.15, 0.2) is 0 Å². The van der Waals surface area contributed by atoms with Crippen molar-refractivity contribution in [1.29, 1.82) is 0 Å². The van der Waals surface area contributed by atoms with Crippen molar-refractivity contribution in [2.75, 3.05) is 13.1 Å². The van der Waals surface area contributed by atoms with Crippen LogP contribution in [0.2, 0.25) is 0 Å². The lowest BCUT2D eigenvalue weighted by Gasteiger charge is -2.34. The molecular weight excluding hydrogens is 336 g/mol. The van der Waals surface area contributed by atoms with E-state index in [0.29, 0.717) is 30.5 Å². The zero-order valence-electron chi connectivity index (χ0n) is 15.1. The number of carbonyl (C=O) groups is 1. The van der Waals surface area contributed by atoms with Gasteiger partial charge in [0.25, 0.3) is 5.91 Å². The summed E-state index contributed by atoms with van der Waals surface area (Å²) in [6.45, 7) is 5.60. The van der Waals surface area contributed by atoms with Crippen LogP contribution in [0.25, 0.3) is 0 Å². The number of rotatable bonds is 4. The summed E-state index contributed by atoms with van der Waals surface area (Å²) < 4.78 is 26.6.